The second-order valence-corrected chi connectivity index (χ2v) is 5.69. The van der Waals surface area contributed by atoms with Crippen molar-refractivity contribution in [2.45, 2.75) is 13.3 Å². The summed E-state index contributed by atoms with van der Waals surface area (Å²) in [5, 5.41) is 0.392. The van der Waals surface area contributed by atoms with Gasteiger partial charge in [0.2, 0.25) is 5.91 Å². The van der Waals surface area contributed by atoms with Crippen LogP contribution in [0, 0.1) is 6.92 Å². The van der Waals surface area contributed by atoms with E-state index in [0.717, 1.165) is 5.56 Å². The lowest BCUT2D eigenvalue weighted by molar-refractivity contribution is -0.122. The van der Waals surface area contributed by atoms with Crippen molar-refractivity contribution in [3.05, 3.63) is 58.6 Å². The lowest BCUT2D eigenvalue weighted by Crippen LogP contribution is -2.42. The van der Waals surface area contributed by atoms with Crippen molar-refractivity contribution in [3.8, 4) is 11.5 Å². The number of halogens is 1. The predicted molar refractivity (Wildman–Crippen MR) is 94.9 cm³/mol. The van der Waals surface area contributed by atoms with Gasteiger partial charge in [-0.1, -0.05) is 29.3 Å². The first-order chi connectivity index (χ1) is 12.0. The Bertz CT molecular complexity index is 747. The maximum Gasteiger partial charge on any atom is 0.273 e. The minimum Gasteiger partial charge on any atom is -0.496 e. The third-order valence-corrected chi connectivity index (χ3v) is 3.58. The van der Waals surface area contributed by atoms with Crippen LogP contribution in [0.5, 0.6) is 11.5 Å². The molecule has 6 nitrogen and oxygen atoms in total. The predicted octanol–water partition coefficient (Wildman–Crippen LogP) is 2.89. The minimum absolute atomic E-state index is 0.0981. The average molecular weight is 363 g/mol. The highest BCUT2D eigenvalue weighted by Gasteiger charge is 2.13. The van der Waals surface area contributed by atoms with E-state index < -0.39 is 5.91 Å². The summed E-state index contributed by atoms with van der Waals surface area (Å²) in [7, 11) is 1.45. The number of carbonyl (C=O) groups is 2. The van der Waals surface area contributed by atoms with Gasteiger partial charge >= 0.3 is 0 Å². The fourth-order valence-electron chi connectivity index (χ4n) is 2.01. The largest absolute Gasteiger partial charge is 0.496 e. The second-order valence-electron chi connectivity index (χ2n) is 5.26. The number of hydrazine groups is 1. The summed E-state index contributed by atoms with van der Waals surface area (Å²) < 4.78 is 10.6. The summed E-state index contributed by atoms with van der Waals surface area (Å²) in [5.74, 6) is 0.151. The number of methoxy groups -OCH3 is 1. The standard InChI is InChI=1S/C18H19ClN2O4/c1-12-3-6-14(7-4-12)25-10-9-17(22)20-21-18(23)15-11-13(19)5-8-16(15)24-2/h3-8,11H,9-10H2,1-2H3,(H,20,22)(H,21,23). The molecule has 0 aliphatic rings. The summed E-state index contributed by atoms with van der Waals surface area (Å²) in [4.78, 5) is 23.9. The van der Waals surface area contributed by atoms with E-state index in [0.29, 0.717) is 16.5 Å². The third kappa shape index (κ3) is 5.69. The zero-order chi connectivity index (χ0) is 18.2. The Balaban J connectivity index is 1.78. The van der Waals surface area contributed by atoms with Crippen LogP contribution >= 0.6 is 11.6 Å². The number of rotatable bonds is 6. The van der Waals surface area contributed by atoms with Gasteiger partial charge in [0.1, 0.15) is 11.5 Å². The Morgan fingerprint density at radius 3 is 2.48 bits per heavy atom. The van der Waals surface area contributed by atoms with E-state index in [1.165, 1.54) is 13.2 Å². The molecule has 0 heterocycles. The van der Waals surface area contributed by atoms with Crippen molar-refractivity contribution in [1.82, 2.24) is 10.9 Å². The molecule has 2 aromatic rings. The van der Waals surface area contributed by atoms with Crippen LogP contribution in [-0.2, 0) is 4.79 Å². The van der Waals surface area contributed by atoms with E-state index in [1.54, 1.807) is 12.1 Å². The maximum absolute atomic E-state index is 12.1. The molecular weight excluding hydrogens is 344 g/mol. The summed E-state index contributed by atoms with van der Waals surface area (Å²) in [5.41, 5.74) is 6.01. The molecule has 0 aliphatic heterocycles. The van der Waals surface area contributed by atoms with Crippen LogP contribution in [0.25, 0.3) is 0 Å². The first kappa shape index (κ1) is 18.6. The molecule has 7 heteroatoms. The number of hydrogen-bond acceptors (Lipinski definition) is 4. The topological polar surface area (TPSA) is 76.7 Å². The Morgan fingerprint density at radius 1 is 1.08 bits per heavy atom. The molecule has 0 unspecified atom stereocenters. The lowest BCUT2D eigenvalue weighted by Gasteiger charge is -2.11. The van der Waals surface area contributed by atoms with Crippen molar-refractivity contribution < 1.29 is 19.1 Å². The van der Waals surface area contributed by atoms with Gasteiger partial charge in [-0.2, -0.15) is 0 Å². The van der Waals surface area contributed by atoms with Gasteiger partial charge < -0.3 is 9.47 Å². The van der Waals surface area contributed by atoms with E-state index in [-0.39, 0.29) is 24.5 Å². The number of carbonyl (C=O) groups excluding carboxylic acids is 2. The number of ether oxygens (including phenoxy) is 2. The second kappa shape index (κ2) is 8.94. The van der Waals surface area contributed by atoms with Crippen LogP contribution in [0.2, 0.25) is 5.02 Å². The quantitative estimate of drug-likeness (QED) is 0.775. The molecule has 0 saturated carbocycles. The number of amides is 2. The summed E-state index contributed by atoms with van der Waals surface area (Å²) in [6, 6.07) is 12.2. The molecule has 2 amide bonds. The van der Waals surface area contributed by atoms with Gasteiger partial charge in [0.15, 0.2) is 0 Å². The summed E-state index contributed by atoms with van der Waals surface area (Å²) in [6.45, 7) is 2.18. The Hall–Kier alpha value is -2.73. The van der Waals surface area contributed by atoms with Crippen molar-refractivity contribution in [2.24, 2.45) is 0 Å². The SMILES string of the molecule is COc1ccc(Cl)cc1C(=O)NNC(=O)CCOc1ccc(C)cc1. The molecule has 0 aliphatic carbocycles. The summed E-state index contributed by atoms with van der Waals surface area (Å²) in [6.07, 6.45) is 0.0981. The van der Waals surface area contributed by atoms with Gasteiger partial charge in [0, 0.05) is 5.02 Å². The van der Waals surface area contributed by atoms with Crippen molar-refractivity contribution in [1.29, 1.82) is 0 Å². The molecule has 0 fully saturated rings. The fourth-order valence-corrected chi connectivity index (χ4v) is 2.18. The number of aryl methyl sites for hydroxylation is 1. The number of hydrogen-bond donors (Lipinski definition) is 2. The van der Waals surface area contributed by atoms with Crippen molar-refractivity contribution in [2.75, 3.05) is 13.7 Å². The molecule has 2 N–H and O–H groups in total. The Labute approximate surface area is 151 Å². The molecular formula is C18H19ClN2O4. The monoisotopic (exact) mass is 362 g/mol. The van der Waals surface area contributed by atoms with Crippen molar-refractivity contribution in [3.63, 3.8) is 0 Å². The molecule has 132 valence electrons. The summed E-state index contributed by atoms with van der Waals surface area (Å²) >= 11 is 5.88. The Kier molecular flexibility index (Phi) is 6.65. The van der Waals surface area contributed by atoms with E-state index in [1.807, 2.05) is 31.2 Å². The Morgan fingerprint density at radius 2 is 1.80 bits per heavy atom. The van der Waals surface area contributed by atoms with Crippen LogP contribution in [0.15, 0.2) is 42.5 Å². The normalized spacial score (nSPS) is 10.0. The fraction of sp³-hybridized carbons (Fsp3) is 0.222. The van der Waals surface area contributed by atoms with Crippen LogP contribution in [0.3, 0.4) is 0 Å². The van der Waals surface area contributed by atoms with E-state index in [9.17, 15) is 9.59 Å². The van der Waals surface area contributed by atoms with Gasteiger partial charge in [-0.05, 0) is 37.3 Å². The van der Waals surface area contributed by atoms with Crippen LogP contribution in [0.4, 0.5) is 0 Å². The molecule has 0 aromatic heterocycles. The zero-order valence-corrected chi connectivity index (χ0v) is 14.7. The van der Waals surface area contributed by atoms with E-state index in [2.05, 4.69) is 10.9 Å². The molecule has 0 bridgehead atoms. The van der Waals surface area contributed by atoms with Gasteiger partial charge in [-0.25, -0.2) is 0 Å². The van der Waals surface area contributed by atoms with E-state index in [4.69, 9.17) is 21.1 Å². The smallest absolute Gasteiger partial charge is 0.273 e. The zero-order valence-electron chi connectivity index (χ0n) is 14.0. The average Bonchev–Trinajstić information content (AvgIpc) is 2.61. The van der Waals surface area contributed by atoms with Crippen LogP contribution in [-0.4, -0.2) is 25.5 Å². The maximum atomic E-state index is 12.1. The highest BCUT2D eigenvalue weighted by Crippen LogP contribution is 2.22. The van der Waals surface area contributed by atoms with Crippen molar-refractivity contribution >= 4 is 23.4 Å². The van der Waals surface area contributed by atoms with Crippen LogP contribution in [0.1, 0.15) is 22.3 Å². The minimum atomic E-state index is -0.521. The number of benzene rings is 2. The molecule has 0 radical (unpaired) electrons. The van der Waals surface area contributed by atoms with Gasteiger partial charge in [0.05, 0.1) is 25.7 Å². The van der Waals surface area contributed by atoms with Crippen LogP contribution < -0.4 is 20.3 Å². The van der Waals surface area contributed by atoms with E-state index >= 15 is 0 Å². The van der Waals surface area contributed by atoms with Gasteiger partial charge in [0.25, 0.3) is 5.91 Å². The highest BCUT2D eigenvalue weighted by atomic mass is 35.5. The third-order valence-electron chi connectivity index (χ3n) is 3.34. The first-order valence-electron chi connectivity index (χ1n) is 7.62. The molecule has 2 aromatic carbocycles. The molecule has 0 atom stereocenters. The van der Waals surface area contributed by atoms with Gasteiger partial charge in [-0.3, -0.25) is 20.4 Å². The number of nitrogens with one attached hydrogen (secondary N) is 2. The molecule has 25 heavy (non-hydrogen) atoms. The first-order valence-corrected chi connectivity index (χ1v) is 7.99. The lowest BCUT2D eigenvalue weighted by atomic mass is 10.2. The molecule has 2 rings (SSSR count). The van der Waals surface area contributed by atoms with Gasteiger partial charge in [-0.15, -0.1) is 0 Å². The molecule has 0 saturated heterocycles. The molecule has 0 spiro atoms. The highest BCUT2D eigenvalue weighted by molar-refractivity contribution is 6.31.